The maximum absolute atomic E-state index is 13.3. The fourth-order valence-corrected chi connectivity index (χ4v) is 6.29. The molecule has 10 heteroatoms. The van der Waals surface area contributed by atoms with Crippen LogP contribution in [-0.2, 0) is 16.6 Å². The molecule has 38 heavy (non-hydrogen) atoms. The lowest BCUT2D eigenvalue weighted by molar-refractivity contribution is -0.120. The van der Waals surface area contributed by atoms with Gasteiger partial charge in [-0.3, -0.25) is 9.59 Å². The van der Waals surface area contributed by atoms with Gasteiger partial charge in [0, 0.05) is 35.8 Å². The number of nitrogens with one attached hydrogen (secondary N) is 2. The summed E-state index contributed by atoms with van der Waals surface area (Å²) in [6.45, 7) is 0.508. The van der Waals surface area contributed by atoms with E-state index in [0.29, 0.717) is 36.7 Å². The van der Waals surface area contributed by atoms with Gasteiger partial charge in [-0.2, -0.15) is 0 Å². The summed E-state index contributed by atoms with van der Waals surface area (Å²) in [7, 11) is 0. The Bertz CT molecular complexity index is 1580. The number of benzene rings is 1. The number of carbonyl (C=O) groups is 2. The van der Waals surface area contributed by atoms with Gasteiger partial charge in [-0.15, -0.1) is 4.91 Å². The largest absolute Gasteiger partial charge is 0.340 e. The number of hydrogen-bond donors (Lipinski definition) is 2. The smallest absolute Gasteiger partial charge is 0.277 e. The van der Waals surface area contributed by atoms with Gasteiger partial charge in [-0.1, -0.05) is 24.3 Å². The fourth-order valence-electron chi connectivity index (χ4n) is 6.29. The zero-order chi connectivity index (χ0) is 25.9. The Hall–Kier alpha value is -4.73. The first-order valence-corrected chi connectivity index (χ1v) is 12.6. The number of aromatic nitrogens is 3. The van der Waals surface area contributed by atoms with E-state index in [1.54, 1.807) is 29.3 Å². The van der Waals surface area contributed by atoms with E-state index in [0.717, 1.165) is 23.2 Å². The maximum atomic E-state index is 13.3. The number of hydrogen-bond acceptors (Lipinski definition) is 8. The van der Waals surface area contributed by atoms with Gasteiger partial charge in [-0.25, -0.2) is 15.0 Å². The fraction of sp³-hybridized carbons (Fsp3) is 0.250. The predicted octanol–water partition coefficient (Wildman–Crippen LogP) is 4.25. The Labute approximate surface area is 217 Å². The highest BCUT2D eigenvalue weighted by atomic mass is 16.3. The summed E-state index contributed by atoms with van der Waals surface area (Å²) in [5, 5.41) is 9.26. The molecular weight excluding hydrogens is 482 g/mol. The number of amides is 2. The minimum atomic E-state index is -0.561. The first-order valence-electron chi connectivity index (χ1n) is 12.6. The van der Waals surface area contributed by atoms with Gasteiger partial charge in [0.15, 0.2) is 0 Å². The van der Waals surface area contributed by atoms with Crippen molar-refractivity contribution in [1.82, 2.24) is 15.0 Å². The molecule has 7 rings (SSSR count). The third-order valence-corrected chi connectivity index (χ3v) is 8.10. The molecule has 1 fully saturated rings. The second-order valence-electron chi connectivity index (χ2n) is 10.2. The summed E-state index contributed by atoms with van der Waals surface area (Å²) >= 11 is 0. The molecule has 4 aliphatic rings. The molecule has 3 aromatic rings. The predicted molar refractivity (Wildman–Crippen MR) is 141 cm³/mol. The van der Waals surface area contributed by atoms with Crippen molar-refractivity contribution in [1.29, 1.82) is 0 Å². The average Bonchev–Trinajstić information content (AvgIpc) is 3.61. The Morgan fingerprint density at radius 2 is 2.03 bits per heavy atom. The van der Waals surface area contributed by atoms with E-state index in [9.17, 15) is 14.5 Å². The average molecular weight is 506 g/mol. The van der Waals surface area contributed by atoms with Gasteiger partial charge in [0.05, 0.1) is 5.41 Å². The molecule has 3 atom stereocenters. The third-order valence-electron chi connectivity index (χ3n) is 8.10. The zero-order valence-corrected chi connectivity index (χ0v) is 20.3. The van der Waals surface area contributed by atoms with Gasteiger partial charge in [0.2, 0.25) is 5.91 Å². The molecule has 2 aromatic heterocycles. The van der Waals surface area contributed by atoms with Crippen molar-refractivity contribution >= 4 is 34.8 Å². The van der Waals surface area contributed by atoms with Crippen LogP contribution in [0.5, 0.6) is 0 Å². The third kappa shape index (κ3) is 3.44. The molecule has 2 N–H and O–H groups in total. The van der Waals surface area contributed by atoms with Crippen molar-refractivity contribution < 1.29 is 9.59 Å². The van der Waals surface area contributed by atoms with Crippen molar-refractivity contribution in [2.75, 3.05) is 22.1 Å². The van der Waals surface area contributed by atoms with Gasteiger partial charge in [-0.05, 0) is 66.1 Å². The monoisotopic (exact) mass is 505 g/mol. The topological polar surface area (TPSA) is 130 Å². The first kappa shape index (κ1) is 22.5. The highest BCUT2D eigenvalue weighted by Crippen LogP contribution is 2.54. The minimum absolute atomic E-state index is 0.0235. The second kappa shape index (κ2) is 8.41. The lowest BCUT2D eigenvalue weighted by Gasteiger charge is -2.20. The number of nitroso groups, excluding NO2 is 1. The number of anilines is 3. The molecule has 0 radical (unpaired) electrons. The lowest BCUT2D eigenvalue weighted by atomic mass is 9.79. The standard InChI is InChI=1S/C28H23N7O3/c36-26(35-9-7-16-3-6-20(34-38)11-23(16)35)22-12-24(31-15-30-22)32-19-5-4-17-13-28(14-18(17)10-19)21-2-1-8-29-25(21)33-27(28)37/h1-6,8,10-12,15,17-18H,7,9,13-14H2,(H,29,33,37)(H,30,31,32). The van der Waals surface area contributed by atoms with Crippen LogP contribution in [0.3, 0.4) is 0 Å². The van der Waals surface area contributed by atoms with E-state index < -0.39 is 5.41 Å². The van der Waals surface area contributed by atoms with E-state index in [2.05, 4.69) is 42.9 Å². The minimum Gasteiger partial charge on any atom is -0.340 e. The van der Waals surface area contributed by atoms with Crippen molar-refractivity contribution in [2.24, 2.45) is 17.0 Å². The molecule has 1 saturated carbocycles. The van der Waals surface area contributed by atoms with E-state index in [1.165, 1.54) is 6.33 Å². The van der Waals surface area contributed by atoms with Crippen molar-refractivity contribution in [2.45, 2.75) is 24.7 Å². The van der Waals surface area contributed by atoms with Crippen LogP contribution in [0.4, 0.5) is 23.0 Å². The van der Waals surface area contributed by atoms with Crippen LogP contribution < -0.4 is 15.5 Å². The number of pyridine rings is 1. The van der Waals surface area contributed by atoms with Crippen LogP contribution >= 0.6 is 0 Å². The van der Waals surface area contributed by atoms with Crippen molar-refractivity contribution in [3.8, 4) is 0 Å². The molecule has 3 unspecified atom stereocenters. The van der Waals surface area contributed by atoms with Gasteiger partial charge in [0.25, 0.3) is 5.91 Å². The molecule has 2 aliphatic heterocycles. The van der Waals surface area contributed by atoms with E-state index in [1.807, 2.05) is 24.3 Å². The molecule has 1 spiro atoms. The molecule has 10 nitrogen and oxygen atoms in total. The molecule has 0 saturated heterocycles. The van der Waals surface area contributed by atoms with Gasteiger partial charge >= 0.3 is 0 Å². The van der Waals surface area contributed by atoms with Crippen LogP contribution in [0.1, 0.15) is 34.5 Å². The molecule has 1 aromatic carbocycles. The maximum Gasteiger partial charge on any atom is 0.277 e. The molecule has 2 amide bonds. The highest BCUT2D eigenvalue weighted by Gasteiger charge is 2.54. The van der Waals surface area contributed by atoms with Crippen LogP contribution in [0.2, 0.25) is 0 Å². The Morgan fingerprint density at radius 1 is 1.13 bits per heavy atom. The summed E-state index contributed by atoms with van der Waals surface area (Å²) in [4.78, 5) is 51.8. The summed E-state index contributed by atoms with van der Waals surface area (Å²) in [5.41, 5.74) is 3.50. The number of fused-ring (bicyclic) bond motifs is 4. The highest BCUT2D eigenvalue weighted by molar-refractivity contribution is 6.07. The summed E-state index contributed by atoms with van der Waals surface area (Å²) in [5.74, 6) is 1.37. The van der Waals surface area contributed by atoms with E-state index in [4.69, 9.17) is 0 Å². The Kier molecular flexibility index (Phi) is 4.97. The molecule has 2 aliphatic carbocycles. The van der Waals surface area contributed by atoms with Gasteiger partial charge < -0.3 is 15.5 Å². The summed E-state index contributed by atoms with van der Waals surface area (Å²) < 4.78 is 0. The normalized spacial score (nSPS) is 24.5. The van der Waals surface area contributed by atoms with Crippen LogP contribution in [0.25, 0.3) is 0 Å². The van der Waals surface area contributed by atoms with E-state index >= 15 is 0 Å². The molecular formula is C28H23N7O3. The van der Waals surface area contributed by atoms with Crippen LogP contribution in [-0.4, -0.2) is 33.3 Å². The quantitative estimate of drug-likeness (QED) is 0.507. The number of allylic oxidation sites excluding steroid dienone is 3. The summed E-state index contributed by atoms with van der Waals surface area (Å²) in [6.07, 6.45) is 11.5. The Morgan fingerprint density at radius 3 is 2.92 bits per heavy atom. The number of nitrogens with zero attached hydrogens (tertiary/aromatic N) is 5. The number of carbonyl (C=O) groups excluding carboxylic acids is 2. The lowest BCUT2D eigenvalue weighted by Crippen LogP contribution is -2.31. The number of rotatable bonds is 4. The SMILES string of the molecule is O=Nc1ccc2c(c1)N(C(=O)c1cc(NC3=CC4CC5(CC4C=C3)C(=O)Nc3ncccc35)ncn1)CC2. The van der Waals surface area contributed by atoms with Crippen LogP contribution in [0.15, 0.2) is 78.0 Å². The Balaban J connectivity index is 1.10. The van der Waals surface area contributed by atoms with Gasteiger partial charge in [0.1, 0.15) is 29.3 Å². The van der Waals surface area contributed by atoms with E-state index in [-0.39, 0.29) is 35.0 Å². The second-order valence-corrected chi connectivity index (χ2v) is 10.2. The zero-order valence-electron chi connectivity index (χ0n) is 20.3. The van der Waals surface area contributed by atoms with Crippen molar-refractivity contribution in [3.63, 3.8) is 0 Å². The molecule has 0 bridgehead atoms. The van der Waals surface area contributed by atoms with Crippen LogP contribution in [0, 0.1) is 16.7 Å². The molecule has 188 valence electrons. The molecule has 4 heterocycles. The summed E-state index contributed by atoms with van der Waals surface area (Å²) in [6, 6.07) is 10.6. The van der Waals surface area contributed by atoms with Crippen molar-refractivity contribution in [3.05, 3.63) is 94.6 Å². The first-order chi connectivity index (χ1) is 18.5.